The Bertz CT molecular complexity index is 508. The second-order valence-corrected chi connectivity index (χ2v) is 4.83. The number of carbonyl (C=O) groups is 1. The molecule has 2 rings (SSSR count). The van der Waals surface area contributed by atoms with E-state index in [1.54, 1.807) is 4.90 Å². The van der Waals surface area contributed by atoms with Crippen molar-refractivity contribution in [2.75, 3.05) is 32.1 Å². The number of piperidine rings is 1. The van der Waals surface area contributed by atoms with Crippen molar-refractivity contribution in [1.82, 2.24) is 5.32 Å². The third-order valence-electron chi connectivity index (χ3n) is 3.64. The predicted octanol–water partition coefficient (Wildman–Crippen LogP) is 1.94. The zero-order valence-corrected chi connectivity index (χ0v) is 11.6. The minimum absolute atomic E-state index is 0.190. The lowest BCUT2D eigenvalue weighted by atomic mass is 10.0. The van der Waals surface area contributed by atoms with Gasteiger partial charge in [-0.05, 0) is 32.0 Å². The lowest BCUT2D eigenvalue weighted by Gasteiger charge is -2.34. The highest BCUT2D eigenvalue weighted by atomic mass is 19.2. The lowest BCUT2D eigenvalue weighted by molar-refractivity contribution is 0.0594. The highest BCUT2D eigenvalue weighted by molar-refractivity contribution is 5.90. The van der Waals surface area contributed by atoms with Gasteiger partial charge in [-0.2, -0.15) is 0 Å². The van der Waals surface area contributed by atoms with Crippen molar-refractivity contribution in [2.45, 2.75) is 18.9 Å². The van der Waals surface area contributed by atoms with Crippen LogP contribution in [0.5, 0.6) is 0 Å². The third kappa shape index (κ3) is 2.75. The summed E-state index contributed by atoms with van der Waals surface area (Å²) in [6.45, 7) is 1.29. The SMILES string of the molecule is CNC1CCCN(c2ccc(C(=O)OC)c(F)c2F)C1. The molecule has 0 bridgehead atoms. The number of hydrogen-bond acceptors (Lipinski definition) is 4. The van der Waals surface area contributed by atoms with Gasteiger partial charge in [-0.3, -0.25) is 0 Å². The van der Waals surface area contributed by atoms with Crippen molar-refractivity contribution in [3.63, 3.8) is 0 Å². The first-order chi connectivity index (χ1) is 9.58. The first-order valence-corrected chi connectivity index (χ1v) is 6.57. The molecule has 0 spiro atoms. The molecule has 110 valence electrons. The molecule has 1 aliphatic rings. The largest absolute Gasteiger partial charge is 0.465 e. The van der Waals surface area contributed by atoms with Crippen molar-refractivity contribution in [3.05, 3.63) is 29.3 Å². The molecule has 1 aromatic carbocycles. The van der Waals surface area contributed by atoms with E-state index in [1.165, 1.54) is 12.1 Å². The Morgan fingerprint density at radius 1 is 1.40 bits per heavy atom. The van der Waals surface area contributed by atoms with Crippen molar-refractivity contribution >= 4 is 11.7 Å². The van der Waals surface area contributed by atoms with Gasteiger partial charge in [0.25, 0.3) is 0 Å². The number of halogens is 2. The molecular formula is C14H18F2N2O2. The summed E-state index contributed by atoms with van der Waals surface area (Å²) in [5, 5.41) is 3.14. The standard InChI is InChI=1S/C14H18F2N2O2/c1-17-9-4-3-7-18(8-9)11-6-5-10(14(19)20-2)12(15)13(11)16/h5-6,9,17H,3-4,7-8H2,1-2H3. The van der Waals surface area contributed by atoms with Gasteiger partial charge in [0, 0.05) is 19.1 Å². The van der Waals surface area contributed by atoms with Crippen LogP contribution in [-0.2, 0) is 4.74 Å². The molecular weight excluding hydrogens is 266 g/mol. The van der Waals surface area contributed by atoms with Crippen molar-refractivity contribution in [1.29, 1.82) is 0 Å². The fourth-order valence-corrected chi connectivity index (χ4v) is 2.48. The van der Waals surface area contributed by atoms with Gasteiger partial charge in [-0.25, -0.2) is 13.6 Å². The Morgan fingerprint density at radius 2 is 2.15 bits per heavy atom. The molecule has 1 atom stereocenters. The fraction of sp³-hybridized carbons (Fsp3) is 0.500. The minimum Gasteiger partial charge on any atom is -0.465 e. The van der Waals surface area contributed by atoms with Gasteiger partial charge in [0.05, 0.1) is 18.4 Å². The van der Waals surface area contributed by atoms with Crippen LogP contribution in [0, 0.1) is 11.6 Å². The van der Waals surface area contributed by atoms with Crippen molar-refractivity contribution < 1.29 is 18.3 Å². The van der Waals surface area contributed by atoms with Crippen LogP contribution in [0.4, 0.5) is 14.5 Å². The average Bonchev–Trinajstić information content (AvgIpc) is 2.49. The van der Waals surface area contributed by atoms with E-state index in [4.69, 9.17) is 0 Å². The number of nitrogens with one attached hydrogen (secondary N) is 1. The highest BCUT2D eigenvalue weighted by Crippen LogP contribution is 2.27. The summed E-state index contributed by atoms with van der Waals surface area (Å²) < 4.78 is 32.5. The molecule has 6 heteroatoms. The number of hydrogen-bond donors (Lipinski definition) is 1. The fourth-order valence-electron chi connectivity index (χ4n) is 2.48. The summed E-state index contributed by atoms with van der Waals surface area (Å²) in [5.41, 5.74) is -0.189. The van der Waals surface area contributed by atoms with Gasteiger partial charge in [-0.15, -0.1) is 0 Å². The molecule has 0 aromatic heterocycles. The maximum absolute atomic E-state index is 14.1. The summed E-state index contributed by atoms with van der Waals surface area (Å²) in [5.74, 6) is -3.02. The van der Waals surface area contributed by atoms with E-state index in [-0.39, 0.29) is 17.3 Å². The molecule has 0 radical (unpaired) electrons. The van der Waals surface area contributed by atoms with Crippen molar-refractivity contribution in [2.24, 2.45) is 0 Å². The number of benzene rings is 1. The molecule has 20 heavy (non-hydrogen) atoms. The first-order valence-electron chi connectivity index (χ1n) is 6.57. The molecule has 1 saturated heterocycles. The maximum Gasteiger partial charge on any atom is 0.340 e. The van der Waals surface area contributed by atoms with E-state index in [9.17, 15) is 13.6 Å². The monoisotopic (exact) mass is 284 g/mol. The number of methoxy groups -OCH3 is 1. The van der Waals surface area contributed by atoms with E-state index in [0.29, 0.717) is 13.1 Å². The van der Waals surface area contributed by atoms with Crippen LogP contribution in [-0.4, -0.2) is 39.3 Å². The molecule has 1 aliphatic heterocycles. The second kappa shape index (κ2) is 6.17. The molecule has 0 aliphatic carbocycles. The molecule has 1 fully saturated rings. The Morgan fingerprint density at radius 3 is 2.80 bits per heavy atom. The Labute approximate surface area is 116 Å². The van der Waals surface area contributed by atoms with Gasteiger partial charge in [0.1, 0.15) is 0 Å². The Balaban J connectivity index is 2.29. The average molecular weight is 284 g/mol. The molecule has 0 saturated carbocycles. The van der Waals surface area contributed by atoms with E-state index in [1.807, 2.05) is 7.05 Å². The molecule has 0 amide bonds. The van der Waals surface area contributed by atoms with E-state index in [2.05, 4.69) is 10.1 Å². The van der Waals surface area contributed by atoms with E-state index >= 15 is 0 Å². The Kier molecular flexibility index (Phi) is 4.54. The Hall–Kier alpha value is -1.69. The van der Waals surface area contributed by atoms with Crippen LogP contribution in [0.2, 0.25) is 0 Å². The number of ether oxygens (including phenoxy) is 1. The van der Waals surface area contributed by atoms with Crippen LogP contribution in [0.3, 0.4) is 0 Å². The molecule has 1 unspecified atom stereocenters. The topological polar surface area (TPSA) is 41.6 Å². The lowest BCUT2D eigenvalue weighted by Crippen LogP contribution is -2.44. The van der Waals surface area contributed by atoms with Crippen LogP contribution in [0.15, 0.2) is 12.1 Å². The number of anilines is 1. The molecule has 4 nitrogen and oxygen atoms in total. The number of esters is 1. The van der Waals surface area contributed by atoms with Crippen LogP contribution in [0.1, 0.15) is 23.2 Å². The summed E-state index contributed by atoms with van der Waals surface area (Å²) in [6, 6.07) is 2.96. The summed E-state index contributed by atoms with van der Waals surface area (Å²) in [7, 11) is 2.99. The second-order valence-electron chi connectivity index (χ2n) is 4.83. The quantitative estimate of drug-likeness (QED) is 0.861. The third-order valence-corrected chi connectivity index (χ3v) is 3.64. The van der Waals surface area contributed by atoms with Gasteiger partial charge >= 0.3 is 5.97 Å². The predicted molar refractivity (Wildman–Crippen MR) is 72.0 cm³/mol. The summed E-state index contributed by atoms with van der Waals surface area (Å²) in [6.07, 6.45) is 1.92. The number of likely N-dealkylation sites (N-methyl/N-ethyl adjacent to an activating group) is 1. The maximum atomic E-state index is 14.1. The van der Waals surface area contributed by atoms with Crippen molar-refractivity contribution in [3.8, 4) is 0 Å². The zero-order chi connectivity index (χ0) is 14.7. The van der Waals surface area contributed by atoms with Crippen LogP contribution >= 0.6 is 0 Å². The van der Waals surface area contributed by atoms with Crippen LogP contribution < -0.4 is 10.2 Å². The van der Waals surface area contributed by atoms with Gasteiger partial charge in [0.15, 0.2) is 11.6 Å². The number of rotatable bonds is 3. The van der Waals surface area contributed by atoms with Gasteiger partial charge in [-0.1, -0.05) is 0 Å². The summed E-state index contributed by atoms with van der Waals surface area (Å²) >= 11 is 0. The molecule has 1 aromatic rings. The summed E-state index contributed by atoms with van der Waals surface area (Å²) in [4.78, 5) is 13.1. The molecule has 1 N–H and O–H groups in total. The normalized spacial score (nSPS) is 19.0. The van der Waals surface area contributed by atoms with E-state index in [0.717, 1.165) is 20.0 Å². The number of carbonyl (C=O) groups excluding carboxylic acids is 1. The minimum atomic E-state index is -1.15. The first kappa shape index (κ1) is 14.7. The molecule has 1 heterocycles. The van der Waals surface area contributed by atoms with Crippen LogP contribution in [0.25, 0.3) is 0 Å². The number of nitrogens with zero attached hydrogens (tertiary/aromatic N) is 1. The van der Waals surface area contributed by atoms with Gasteiger partial charge in [0.2, 0.25) is 0 Å². The zero-order valence-electron chi connectivity index (χ0n) is 11.6. The highest BCUT2D eigenvalue weighted by Gasteiger charge is 2.25. The smallest absolute Gasteiger partial charge is 0.340 e. The van der Waals surface area contributed by atoms with E-state index < -0.39 is 17.6 Å². The van der Waals surface area contributed by atoms with Gasteiger partial charge < -0.3 is 15.0 Å².